The highest BCUT2D eigenvalue weighted by atomic mass is 16.4. The molecule has 2 heterocycles. The van der Waals surface area contributed by atoms with E-state index in [9.17, 15) is 34.8 Å². The Bertz CT molecular complexity index is 1990. The van der Waals surface area contributed by atoms with Crippen molar-refractivity contribution in [1.29, 1.82) is 0 Å². The number of H-pyrrole nitrogens is 1. The van der Waals surface area contributed by atoms with Gasteiger partial charge in [0.1, 0.15) is 5.75 Å². The molecule has 5 aromatic rings. The first-order chi connectivity index (χ1) is 23.1. The van der Waals surface area contributed by atoms with Crippen LogP contribution >= 0.6 is 0 Å². The predicted molar refractivity (Wildman–Crippen MR) is 181 cm³/mol. The van der Waals surface area contributed by atoms with Crippen molar-refractivity contribution in [2.24, 2.45) is 0 Å². The Morgan fingerprint density at radius 3 is 2.31 bits per heavy atom. The van der Waals surface area contributed by atoms with Crippen molar-refractivity contribution in [3.8, 4) is 5.75 Å². The molecule has 0 bridgehead atoms. The first-order valence-electron chi connectivity index (χ1n) is 15.9. The van der Waals surface area contributed by atoms with Gasteiger partial charge in [0.2, 0.25) is 11.2 Å². The summed E-state index contributed by atoms with van der Waals surface area (Å²) >= 11 is 0. The number of aromatic nitrogens is 1. The first kappa shape index (κ1) is 32.6. The molecule has 246 valence electrons. The molecule has 10 nitrogen and oxygen atoms in total. The summed E-state index contributed by atoms with van der Waals surface area (Å²) in [5.41, 5.74) is 1.40. The number of pyridine rings is 1. The number of nitrogens with zero attached hydrogens (tertiary/aromatic N) is 1. The van der Waals surface area contributed by atoms with Gasteiger partial charge in [-0.25, -0.2) is 4.79 Å². The SMILES string of the molecule is O=C(c1ccc(CNC[C@H](O)c2ccc(O)c3[nH]c(=O)ccc23)cc1)N1CCC(c2cccc([C@](O)(C(=O)O)c3ccccc3)c2)CC1. The van der Waals surface area contributed by atoms with Gasteiger partial charge in [0.15, 0.2) is 0 Å². The maximum atomic E-state index is 13.3. The normalized spacial score (nSPS) is 15.6. The van der Waals surface area contributed by atoms with E-state index in [2.05, 4.69) is 10.3 Å². The summed E-state index contributed by atoms with van der Waals surface area (Å²) in [5, 5.41) is 46.0. The molecule has 48 heavy (non-hydrogen) atoms. The average Bonchev–Trinajstić information content (AvgIpc) is 3.12. The number of amides is 1. The number of aromatic hydroxyl groups is 1. The number of phenols is 1. The van der Waals surface area contributed by atoms with E-state index in [0.29, 0.717) is 54.6 Å². The van der Waals surface area contributed by atoms with Crippen LogP contribution in [0.4, 0.5) is 0 Å². The minimum absolute atomic E-state index is 0.0567. The van der Waals surface area contributed by atoms with Gasteiger partial charge in [0, 0.05) is 43.2 Å². The van der Waals surface area contributed by atoms with Crippen LogP contribution in [0.15, 0.2) is 108 Å². The molecule has 1 fully saturated rings. The fourth-order valence-corrected chi connectivity index (χ4v) is 6.49. The third-order valence-electron chi connectivity index (χ3n) is 9.19. The highest BCUT2D eigenvalue weighted by Gasteiger charge is 2.40. The number of carboxylic acids is 1. The Labute approximate surface area is 276 Å². The third kappa shape index (κ3) is 6.59. The van der Waals surface area contributed by atoms with Crippen molar-refractivity contribution >= 4 is 22.8 Å². The van der Waals surface area contributed by atoms with Crippen LogP contribution in [0.5, 0.6) is 5.75 Å². The Morgan fingerprint density at radius 2 is 1.60 bits per heavy atom. The Balaban J connectivity index is 1.03. The van der Waals surface area contributed by atoms with Gasteiger partial charge in [-0.3, -0.25) is 9.59 Å². The summed E-state index contributed by atoms with van der Waals surface area (Å²) in [5.74, 6) is -1.34. The molecule has 1 aromatic heterocycles. The Kier molecular flexibility index (Phi) is 9.40. The first-order valence-corrected chi connectivity index (χ1v) is 15.9. The molecule has 0 aliphatic carbocycles. The number of aliphatic hydroxyl groups is 2. The molecule has 0 spiro atoms. The molecule has 0 unspecified atom stereocenters. The summed E-state index contributed by atoms with van der Waals surface area (Å²) in [4.78, 5) is 41.7. The quantitative estimate of drug-likeness (QED) is 0.130. The number of carbonyl (C=O) groups is 2. The lowest BCUT2D eigenvalue weighted by Crippen LogP contribution is -2.38. The number of carboxylic acid groups (broad SMARTS) is 1. The topological polar surface area (TPSA) is 163 Å². The van der Waals surface area contributed by atoms with E-state index in [1.54, 1.807) is 72.8 Å². The molecular weight excluding hydrogens is 610 g/mol. The van der Waals surface area contributed by atoms with Gasteiger partial charge in [0.25, 0.3) is 5.91 Å². The molecule has 1 aliphatic rings. The zero-order valence-electron chi connectivity index (χ0n) is 26.2. The number of aliphatic hydroxyl groups excluding tert-OH is 1. The second kappa shape index (κ2) is 13.8. The van der Waals surface area contributed by atoms with Crippen molar-refractivity contribution < 1.29 is 30.0 Å². The van der Waals surface area contributed by atoms with E-state index in [1.165, 1.54) is 12.1 Å². The van der Waals surface area contributed by atoms with Crippen LogP contribution < -0.4 is 10.9 Å². The molecule has 0 radical (unpaired) electrons. The lowest BCUT2D eigenvalue weighted by atomic mass is 9.82. The standard InChI is InChI=1S/C38H37N3O7/c42-32-15-13-30(31-14-16-34(44)40-35(31)32)33(43)23-39-22-24-9-11-26(12-10-24)36(45)41-19-17-25(18-20-41)27-5-4-8-29(21-27)38(48,37(46)47)28-6-2-1-3-7-28/h1-16,21,25,33,39,42-43,48H,17-20,22-23H2,(H,40,44)(H,46,47)/t33-,38-/m0/s1. The molecule has 1 aliphatic heterocycles. The van der Waals surface area contributed by atoms with Gasteiger partial charge in [-0.05, 0) is 70.8 Å². The Morgan fingerprint density at radius 1 is 0.896 bits per heavy atom. The number of likely N-dealkylation sites (tertiary alicyclic amines) is 1. The molecule has 10 heteroatoms. The predicted octanol–water partition coefficient (Wildman–Crippen LogP) is 4.40. The second-order valence-electron chi connectivity index (χ2n) is 12.2. The molecular formula is C38H37N3O7. The summed E-state index contributed by atoms with van der Waals surface area (Å²) in [6.07, 6.45) is 0.545. The van der Waals surface area contributed by atoms with E-state index >= 15 is 0 Å². The number of hydrogen-bond acceptors (Lipinski definition) is 7. The lowest BCUT2D eigenvalue weighted by Gasteiger charge is -2.33. The zero-order chi connectivity index (χ0) is 33.8. The molecule has 6 N–H and O–H groups in total. The van der Waals surface area contributed by atoms with E-state index in [-0.39, 0.29) is 40.8 Å². The molecule has 1 saturated heterocycles. The minimum atomic E-state index is -2.17. The van der Waals surface area contributed by atoms with E-state index < -0.39 is 17.7 Å². The van der Waals surface area contributed by atoms with Crippen LogP contribution in [-0.2, 0) is 16.9 Å². The third-order valence-corrected chi connectivity index (χ3v) is 9.19. The number of rotatable bonds is 10. The van der Waals surface area contributed by atoms with Gasteiger partial charge >= 0.3 is 5.97 Å². The summed E-state index contributed by atoms with van der Waals surface area (Å²) in [6, 6.07) is 28.8. The molecule has 0 saturated carbocycles. The summed E-state index contributed by atoms with van der Waals surface area (Å²) < 4.78 is 0. The maximum absolute atomic E-state index is 13.3. The van der Waals surface area contributed by atoms with Crippen LogP contribution in [0.2, 0.25) is 0 Å². The number of fused-ring (bicyclic) bond motifs is 1. The van der Waals surface area contributed by atoms with Gasteiger partial charge in [-0.1, -0.05) is 72.8 Å². The zero-order valence-corrected chi connectivity index (χ0v) is 26.2. The average molecular weight is 648 g/mol. The maximum Gasteiger partial charge on any atom is 0.345 e. The number of hydrogen-bond donors (Lipinski definition) is 6. The van der Waals surface area contributed by atoms with Crippen LogP contribution in [0, 0.1) is 0 Å². The lowest BCUT2D eigenvalue weighted by molar-refractivity contribution is -0.155. The summed E-state index contributed by atoms with van der Waals surface area (Å²) in [6.45, 7) is 1.80. The van der Waals surface area contributed by atoms with Gasteiger partial charge in [-0.2, -0.15) is 0 Å². The monoisotopic (exact) mass is 647 g/mol. The molecule has 6 rings (SSSR count). The number of phenolic OH excluding ortho intramolecular Hbond substituents is 1. The van der Waals surface area contributed by atoms with Crippen molar-refractivity contribution in [2.75, 3.05) is 19.6 Å². The number of aliphatic carboxylic acids is 1. The Hall–Kier alpha value is -5.29. The number of nitrogens with one attached hydrogen (secondary N) is 2. The number of benzene rings is 4. The van der Waals surface area contributed by atoms with Gasteiger partial charge in [-0.15, -0.1) is 0 Å². The van der Waals surface area contributed by atoms with Crippen LogP contribution in [0.25, 0.3) is 10.9 Å². The van der Waals surface area contributed by atoms with Crippen LogP contribution in [0.3, 0.4) is 0 Å². The molecule has 2 atom stereocenters. The molecule has 4 aromatic carbocycles. The van der Waals surface area contributed by atoms with Crippen molar-refractivity contribution in [2.45, 2.75) is 37.0 Å². The fourth-order valence-electron chi connectivity index (χ4n) is 6.49. The number of carbonyl (C=O) groups excluding carboxylic acids is 1. The van der Waals surface area contributed by atoms with Crippen molar-refractivity contribution in [3.05, 3.63) is 147 Å². The number of aromatic amines is 1. The second-order valence-corrected chi connectivity index (χ2v) is 12.2. The fraction of sp³-hybridized carbons (Fsp3) is 0.237. The van der Waals surface area contributed by atoms with Crippen molar-refractivity contribution in [1.82, 2.24) is 15.2 Å². The van der Waals surface area contributed by atoms with Crippen LogP contribution in [-0.4, -0.2) is 61.8 Å². The minimum Gasteiger partial charge on any atom is -0.506 e. The molecule has 1 amide bonds. The highest BCUT2D eigenvalue weighted by Crippen LogP contribution is 2.35. The van der Waals surface area contributed by atoms with E-state index in [1.807, 2.05) is 23.1 Å². The smallest absolute Gasteiger partial charge is 0.345 e. The van der Waals surface area contributed by atoms with E-state index in [0.717, 1.165) is 11.1 Å². The number of piperidine rings is 1. The van der Waals surface area contributed by atoms with Crippen molar-refractivity contribution in [3.63, 3.8) is 0 Å². The highest BCUT2D eigenvalue weighted by molar-refractivity contribution is 5.94. The van der Waals surface area contributed by atoms with Gasteiger partial charge in [0.05, 0.1) is 11.6 Å². The summed E-state index contributed by atoms with van der Waals surface area (Å²) in [7, 11) is 0. The van der Waals surface area contributed by atoms with Crippen LogP contribution in [0.1, 0.15) is 63.0 Å². The largest absolute Gasteiger partial charge is 0.506 e. The van der Waals surface area contributed by atoms with E-state index in [4.69, 9.17) is 0 Å². The van der Waals surface area contributed by atoms with Gasteiger partial charge < -0.3 is 35.6 Å².